The Bertz CT molecular complexity index is 938. The van der Waals surface area contributed by atoms with Gasteiger partial charge in [0.15, 0.2) is 0 Å². The second-order valence-electron chi connectivity index (χ2n) is 9.96. The molecule has 5 nitrogen and oxygen atoms in total. The van der Waals surface area contributed by atoms with Gasteiger partial charge in [0.1, 0.15) is 10.1 Å². The number of thiocarbonyl (C=S) groups is 1. The lowest BCUT2D eigenvalue weighted by Gasteiger charge is -2.56. The summed E-state index contributed by atoms with van der Waals surface area (Å²) in [5, 5.41) is 3.42. The summed E-state index contributed by atoms with van der Waals surface area (Å²) in [6, 6.07) is 7.59. The molecule has 1 aliphatic heterocycles. The SMILES string of the molecule is COc1cccc(C=C2SC(=S)N(CCCC(=O)NC34CC5CC(CC(C5)C3)C4)C2=O)c1. The number of ether oxygens (including phenoxy) is 1. The van der Waals surface area contributed by atoms with Gasteiger partial charge < -0.3 is 10.1 Å². The number of hydrogen-bond acceptors (Lipinski definition) is 5. The third-order valence-corrected chi connectivity index (χ3v) is 8.87. The van der Waals surface area contributed by atoms with Crippen LogP contribution in [0.3, 0.4) is 0 Å². The lowest BCUT2D eigenvalue weighted by molar-refractivity contribution is -0.127. The van der Waals surface area contributed by atoms with Gasteiger partial charge in [0.05, 0.1) is 12.0 Å². The van der Waals surface area contributed by atoms with Crippen LogP contribution in [0.5, 0.6) is 5.75 Å². The van der Waals surface area contributed by atoms with Crippen molar-refractivity contribution in [2.24, 2.45) is 17.8 Å². The van der Waals surface area contributed by atoms with Crippen LogP contribution in [0.1, 0.15) is 56.9 Å². The maximum atomic E-state index is 12.9. The molecule has 0 aromatic heterocycles. The second-order valence-corrected chi connectivity index (χ2v) is 11.6. The van der Waals surface area contributed by atoms with Crippen LogP contribution >= 0.6 is 24.0 Å². The number of nitrogens with one attached hydrogen (secondary N) is 1. The number of methoxy groups -OCH3 is 1. The van der Waals surface area contributed by atoms with Gasteiger partial charge in [0, 0.05) is 18.5 Å². The Labute approximate surface area is 199 Å². The molecule has 7 heteroatoms. The van der Waals surface area contributed by atoms with Gasteiger partial charge in [-0.05, 0) is 86.5 Å². The number of carbonyl (C=O) groups is 2. The number of amides is 2. The molecule has 1 aromatic carbocycles. The quantitative estimate of drug-likeness (QED) is 0.460. The van der Waals surface area contributed by atoms with Crippen molar-refractivity contribution in [3.63, 3.8) is 0 Å². The van der Waals surface area contributed by atoms with Crippen molar-refractivity contribution >= 4 is 46.2 Å². The Balaban J connectivity index is 1.14. The number of benzene rings is 1. The topological polar surface area (TPSA) is 58.6 Å². The third kappa shape index (κ3) is 4.46. The highest BCUT2D eigenvalue weighted by Gasteiger charge is 2.51. The summed E-state index contributed by atoms with van der Waals surface area (Å²) >= 11 is 6.77. The van der Waals surface area contributed by atoms with Crippen LogP contribution in [0.2, 0.25) is 0 Å². The maximum Gasteiger partial charge on any atom is 0.266 e. The van der Waals surface area contributed by atoms with Gasteiger partial charge in [-0.2, -0.15) is 0 Å². The molecule has 4 aliphatic carbocycles. The molecule has 2 amide bonds. The predicted octanol–water partition coefficient (Wildman–Crippen LogP) is 4.76. The van der Waals surface area contributed by atoms with E-state index in [1.807, 2.05) is 30.3 Å². The summed E-state index contributed by atoms with van der Waals surface area (Å²) in [5.74, 6) is 3.24. The van der Waals surface area contributed by atoms with Crippen molar-refractivity contribution in [3.8, 4) is 5.75 Å². The van der Waals surface area contributed by atoms with E-state index in [4.69, 9.17) is 17.0 Å². The number of hydrogen-bond donors (Lipinski definition) is 1. The van der Waals surface area contributed by atoms with Gasteiger partial charge in [-0.25, -0.2) is 0 Å². The van der Waals surface area contributed by atoms with Crippen molar-refractivity contribution in [1.82, 2.24) is 10.2 Å². The maximum absolute atomic E-state index is 12.9. The van der Waals surface area contributed by atoms with Crippen LogP contribution in [0, 0.1) is 17.8 Å². The van der Waals surface area contributed by atoms with Crippen LogP contribution in [-0.2, 0) is 9.59 Å². The Morgan fingerprint density at radius 1 is 1.25 bits per heavy atom. The zero-order valence-electron chi connectivity index (χ0n) is 18.5. The monoisotopic (exact) mass is 470 g/mol. The molecule has 0 radical (unpaired) electrons. The van der Waals surface area contributed by atoms with Crippen LogP contribution < -0.4 is 10.1 Å². The zero-order chi connectivity index (χ0) is 22.3. The number of carbonyl (C=O) groups excluding carboxylic acids is 2. The molecule has 6 rings (SSSR count). The molecule has 1 aromatic rings. The average molecular weight is 471 g/mol. The highest BCUT2D eigenvalue weighted by molar-refractivity contribution is 8.26. The Morgan fingerprint density at radius 2 is 1.94 bits per heavy atom. The third-order valence-electron chi connectivity index (χ3n) is 7.49. The normalized spacial score (nSPS) is 32.1. The lowest BCUT2D eigenvalue weighted by atomic mass is 9.53. The van der Waals surface area contributed by atoms with E-state index < -0.39 is 0 Å². The Morgan fingerprint density at radius 3 is 2.59 bits per heavy atom. The van der Waals surface area contributed by atoms with Crippen molar-refractivity contribution in [2.75, 3.05) is 13.7 Å². The van der Waals surface area contributed by atoms with Gasteiger partial charge in [0.25, 0.3) is 5.91 Å². The van der Waals surface area contributed by atoms with E-state index in [0.29, 0.717) is 28.6 Å². The molecule has 1 saturated heterocycles. The molecular formula is C25H30N2O3S2. The number of rotatable bonds is 7. The molecule has 1 heterocycles. The fraction of sp³-hybridized carbons (Fsp3) is 0.560. The first kappa shape index (κ1) is 22.0. The lowest BCUT2D eigenvalue weighted by Crippen LogP contribution is -2.59. The fourth-order valence-electron chi connectivity index (χ4n) is 6.60. The predicted molar refractivity (Wildman–Crippen MR) is 131 cm³/mol. The van der Waals surface area contributed by atoms with Crippen molar-refractivity contribution in [2.45, 2.75) is 56.9 Å². The highest BCUT2D eigenvalue weighted by Crippen LogP contribution is 2.55. The summed E-state index contributed by atoms with van der Waals surface area (Å²) in [6.45, 7) is 0.481. The highest BCUT2D eigenvalue weighted by atomic mass is 32.2. The smallest absolute Gasteiger partial charge is 0.266 e. The van der Waals surface area contributed by atoms with Crippen molar-refractivity contribution in [3.05, 3.63) is 34.7 Å². The van der Waals surface area contributed by atoms with E-state index in [1.165, 1.54) is 31.0 Å². The summed E-state index contributed by atoms with van der Waals surface area (Å²) in [5.41, 5.74) is 0.951. The first-order chi connectivity index (χ1) is 15.4. The molecular weight excluding hydrogens is 440 g/mol. The summed E-state index contributed by atoms with van der Waals surface area (Å²) in [4.78, 5) is 27.9. The molecule has 0 spiro atoms. The van der Waals surface area contributed by atoms with Crippen LogP contribution in [0.4, 0.5) is 0 Å². The molecule has 0 atom stereocenters. The zero-order valence-corrected chi connectivity index (χ0v) is 20.1. The van der Waals surface area contributed by atoms with Gasteiger partial charge >= 0.3 is 0 Å². The van der Waals surface area contributed by atoms with Gasteiger partial charge in [-0.1, -0.05) is 36.1 Å². The summed E-state index contributed by atoms with van der Waals surface area (Å²) in [7, 11) is 1.62. The first-order valence-corrected chi connectivity index (χ1v) is 12.9. The molecule has 1 N–H and O–H groups in total. The Kier molecular flexibility index (Phi) is 6.05. The molecule has 170 valence electrons. The minimum absolute atomic E-state index is 0.0487. The standard InChI is InChI=1S/C25H30N2O3S2/c1-30-20-5-2-4-16(11-20)12-21-23(29)27(24(31)32-21)7-3-6-22(28)26-25-13-17-8-18(14-25)10-19(9-17)15-25/h2,4-5,11-12,17-19H,3,6-10,13-15H2,1H3,(H,26,28). The first-order valence-electron chi connectivity index (χ1n) is 11.6. The summed E-state index contributed by atoms with van der Waals surface area (Å²) in [6.07, 6.45) is 10.5. The number of thioether (sulfide) groups is 1. The second kappa shape index (κ2) is 8.82. The largest absolute Gasteiger partial charge is 0.497 e. The van der Waals surface area contributed by atoms with Crippen LogP contribution in [0.15, 0.2) is 29.2 Å². The van der Waals surface area contributed by atoms with E-state index in [-0.39, 0.29) is 17.4 Å². The minimum atomic E-state index is -0.0793. The number of nitrogens with zero attached hydrogens (tertiary/aromatic N) is 1. The van der Waals surface area contributed by atoms with Gasteiger partial charge in [0.2, 0.25) is 5.91 Å². The van der Waals surface area contributed by atoms with Gasteiger partial charge in [-0.15, -0.1) is 0 Å². The fourth-order valence-corrected chi connectivity index (χ4v) is 7.90. The average Bonchev–Trinajstić information content (AvgIpc) is 3.00. The van der Waals surface area contributed by atoms with Crippen LogP contribution in [0.25, 0.3) is 6.08 Å². The van der Waals surface area contributed by atoms with E-state index in [2.05, 4.69) is 5.32 Å². The molecule has 32 heavy (non-hydrogen) atoms. The van der Waals surface area contributed by atoms with E-state index in [1.54, 1.807) is 12.0 Å². The summed E-state index contributed by atoms with van der Waals surface area (Å²) < 4.78 is 5.82. The van der Waals surface area contributed by atoms with Gasteiger partial charge in [-0.3, -0.25) is 14.5 Å². The molecule has 5 aliphatic rings. The van der Waals surface area contributed by atoms with Crippen LogP contribution in [-0.4, -0.2) is 40.2 Å². The molecule has 4 saturated carbocycles. The minimum Gasteiger partial charge on any atom is -0.497 e. The molecule has 4 bridgehead atoms. The molecule has 5 fully saturated rings. The Hall–Kier alpha value is -1.86. The van der Waals surface area contributed by atoms with Crippen molar-refractivity contribution < 1.29 is 14.3 Å². The molecule has 0 unspecified atom stereocenters. The van der Waals surface area contributed by atoms with E-state index in [0.717, 1.165) is 48.3 Å². The van der Waals surface area contributed by atoms with E-state index >= 15 is 0 Å². The van der Waals surface area contributed by atoms with E-state index in [9.17, 15) is 9.59 Å². The van der Waals surface area contributed by atoms with Crippen molar-refractivity contribution in [1.29, 1.82) is 0 Å².